The highest BCUT2D eigenvalue weighted by Crippen LogP contribution is 2.16. The Morgan fingerprint density at radius 2 is 1.55 bits per heavy atom. The van der Waals surface area contributed by atoms with E-state index in [-0.39, 0.29) is 11.3 Å². The lowest BCUT2D eigenvalue weighted by molar-refractivity contribution is -0.111. The highest BCUT2D eigenvalue weighted by atomic mass is 32.2. The molecule has 2 aromatic rings. The van der Waals surface area contributed by atoms with Crippen molar-refractivity contribution >= 4 is 15.0 Å². The number of aryl methyl sites for hydroxylation is 2. The average Bonchev–Trinajstić information content (AvgIpc) is 2.41. The van der Waals surface area contributed by atoms with Gasteiger partial charge in [0, 0.05) is 6.42 Å². The van der Waals surface area contributed by atoms with E-state index in [2.05, 4.69) is 0 Å². The van der Waals surface area contributed by atoms with Crippen LogP contribution in [0, 0.1) is 13.8 Å². The van der Waals surface area contributed by atoms with E-state index < -0.39 is 15.0 Å². The Hall–Kier alpha value is -1.94. The highest BCUT2D eigenvalue weighted by molar-refractivity contribution is 8.06. The smallest absolute Gasteiger partial charge is 0.255 e. The first-order valence-electron chi connectivity index (χ1n) is 6.30. The summed E-state index contributed by atoms with van der Waals surface area (Å²) in [6, 6.07) is 13.6. The second-order valence-electron chi connectivity index (χ2n) is 4.79. The second kappa shape index (κ2) is 5.59. The van der Waals surface area contributed by atoms with Crippen molar-refractivity contribution in [2.24, 2.45) is 0 Å². The maximum absolute atomic E-state index is 12.2. The van der Waals surface area contributed by atoms with Gasteiger partial charge < -0.3 is 0 Å². The molecule has 0 bridgehead atoms. The lowest BCUT2D eigenvalue weighted by atomic mass is 10.1. The topological polar surface area (TPSA) is 51.2 Å². The standard InChI is InChI=1S/C16H16O3S/c1-12-7-9-15(10-8-12)20(18,19)16(17)11-14-6-4-3-5-13(14)2/h3-10H,11H2,1-2H3. The zero-order valence-electron chi connectivity index (χ0n) is 11.5. The van der Waals surface area contributed by atoms with Crippen molar-refractivity contribution in [3.05, 3.63) is 65.2 Å². The van der Waals surface area contributed by atoms with Gasteiger partial charge in [-0.25, -0.2) is 8.42 Å². The van der Waals surface area contributed by atoms with Gasteiger partial charge in [-0.3, -0.25) is 4.79 Å². The predicted octanol–water partition coefficient (Wildman–Crippen LogP) is 2.85. The van der Waals surface area contributed by atoms with E-state index in [1.807, 2.05) is 26.0 Å². The normalized spacial score (nSPS) is 11.3. The molecular formula is C16H16O3S. The lowest BCUT2D eigenvalue weighted by Crippen LogP contribution is -2.17. The van der Waals surface area contributed by atoms with Crippen molar-refractivity contribution in [3.8, 4) is 0 Å². The summed E-state index contributed by atoms with van der Waals surface area (Å²) in [6.45, 7) is 3.73. The number of rotatable bonds is 3. The molecular weight excluding hydrogens is 272 g/mol. The number of carbonyl (C=O) groups excluding carboxylic acids is 1. The molecule has 0 unspecified atom stereocenters. The minimum absolute atomic E-state index is 0.0571. The van der Waals surface area contributed by atoms with Gasteiger partial charge in [-0.05, 0) is 37.1 Å². The van der Waals surface area contributed by atoms with Crippen LogP contribution in [0.1, 0.15) is 16.7 Å². The molecule has 0 spiro atoms. The fourth-order valence-electron chi connectivity index (χ4n) is 1.91. The summed E-state index contributed by atoms with van der Waals surface area (Å²) in [7, 11) is -3.91. The van der Waals surface area contributed by atoms with Crippen LogP contribution in [-0.4, -0.2) is 13.5 Å². The van der Waals surface area contributed by atoms with Crippen LogP contribution >= 0.6 is 0 Å². The molecule has 0 aliphatic rings. The first-order valence-corrected chi connectivity index (χ1v) is 7.78. The molecule has 0 aliphatic heterocycles. The Morgan fingerprint density at radius 1 is 0.950 bits per heavy atom. The Bertz CT molecular complexity index is 729. The number of hydrogen-bond acceptors (Lipinski definition) is 3. The lowest BCUT2D eigenvalue weighted by Gasteiger charge is -2.06. The third-order valence-corrected chi connectivity index (χ3v) is 4.86. The molecule has 20 heavy (non-hydrogen) atoms. The minimum atomic E-state index is -3.91. The zero-order valence-corrected chi connectivity index (χ0v) is 12.3. The molecule has 0 amide bonds. The predicted molar refractivity (Wildman–Crippen MR) is 78.3 cm³/mol. The minimum Gasteiger partial charge on any atom is -0.281 e. The van der Waals surface area contributed by atoms with E-state index in [0.29, 0.717) is 0 Å². The summed E-state index contributed by atoms with van der Waals surface area (Å²) >= 11 is 0. The molecule has 0 saturated heterocycles. The molecule has 0 fully saturated rings. The largest absolute Gasteiger partial charge is 0.281 e. The number of benzene rings is 2. The zero-order chi connectivity index (χ0) is 14.8. The summed E-state index contributed by atoms with van der Waals surface area (Å²) in [6.07, 6.45) is -0.0944. The summed E-state index contributed by atoms with van der Waals surface area (Å²) in [5.41, 5.74) is 2.61. The van der Waals surface area contributed by atoms with Gasteiger partial charge in [-0.1, -0.05) is 42.0 Å². The van der Waals surface area contributed by atoms with Crippen LogP contribution < -0.4 is 0 Å². The number of sulfone groups is 1. The van der Waals surface area contributed by atoms with Crippen molar-refractivity contribution < 1.29 is 13.2 Å². The molecule has 0 N–H and O–H groups in total. The van der Waals surface area contributed by atoms with E-state index >= 15 is 0 Å². The Kier molecular flexibility index (Phi) is 4.04. The quantitative estimate of drug-likeness (QED) is 0.872. The third-order valence-electron chi connectivity index (χ3n) is 3.23. The Labute approximate surface area is 119 Å². The Morgan fingerprint density at radius 3 is 2.15 bits per heavy atom. The molecule has 0 saturated carbocycles. The molecule has 3 nitrogen and oxygen atoms in total. The van der Waals surface area contributed by atoms with Gasteiger partial charge in [-0.15, -0.1) is 0 Å². The van der Waals surface area contributed by atoms with Gasteiger partial charge in [-0.2, -0.15) is 0 Å². The number of hydrogen-bond donors (Lipinski definition) is 0. The van der Waals surface area contributed by atoms with Crippen molar-refractivity contribution in [1.29, 1.82) is 0 Å². The molecule has 0 aliphatic carbocycles. The maximum atomic E-state index is 12.2. The second-order valence-corrected chi connectivity index (χ2v) is 6.73. The molecule has 4 heteroatoms. The summed E-state index contributed by atoms with van der Waals surface area (Å²) in [5.74, 6) is 0. The fraction of sp³-hybridized carbons (Fsp3) is 0.188. The van der Waals surface area contributed by atoms with Gasteiger partial charge >= 0.3 is 0 Å². The molecule has 2 rings (SSSR count). The van der Waals surface area contributed by atoms with E-state index in [0.717, 1.165) is 16.7 Å². The van der Waals surface area contributed by atoms with Crippen LogP contribution in [-0.2, 0) is 21.1 Å². The van der Waals surface area contributed by atoms with Crippen molar-refractivity contribution in [2.45, 2.75) is 25.2 Å². The molecule has 2 aromatic carbocycles. The van der Waals surface area contributed by atoms with Crippen LogP contribution in [0.4, 0.5) is 0 Å². The van der Waals surface area contributed by atoms with Gasteiger partial charge in [0.15, 0.2) is 0 Å². The third kappa shape index (κ3) is 2.96. The molecule has 0 aromatic heterocycles. The average molecular weight is 288 g/mol. The highest BCUT2D eigenvalue weighted by Gasteiger charge is 2.24. The first-order chi connectivity index (χ1) is 9.41. The van der Waals surface area contributed by atoms with Gasteiger partial charge in [0.2, 0.25) is 9.84 Å². The van der Waals surface area contributed by atoms with Crippen molar-refractivity contribution in [2.75, 3.05) is 0 Å². The van der Waals surface area contributed by atoms with Crippen LogP contribution in [0.5, 0.6) is 0 Å². The molecule has 0 heterocycles. The van der Waals surface area contributed by atoms with Crippen LogP contribution in [0.15, 0.2) is 53.4 Å². The monoisotopic (exact) mass is 288 g/mol. The molecule has 104 valence electrons. The first kappa shape index (κ1) is 14.5. The molecule has 0 radical (unpaired) electrons. The maximum Gasteiger partial charge on any atom is 0.255 e. The van der Waals surface area contributed by atoms with E-state index in [1.165, 1.54) is 12.1 Å². The molecule has 0 atom stereocenters. The van der Waals surface area contributed by atoms with Crippen LogP contribution in [0.2, 0.25) is 0 Å². The van der Waals surface area contributed by atoms with E-state index in [9.17, 15) is 13.2 Å². The van der Waals surface area contributed by atoms with Crippen LogP contribution in [0.25, 0.3) is 0 Å². The summed E-state index contributed by atoms with van der Waals surface area (Å²) in [5, 5.41) is -0.768. The summed E-state index contributed by atoms with van der Waals surface area (Å²) < 4.78 is 24.4. The van der Waals surface area contributed by atoms with E-state index in [4.69, 9.17) is 0 Å². The van der Waals surface area contributed by atoms with Crippen LogP contribution in [0.3, 0.4) is 0 Å². The fourth-order valence-corrected chi connectivity index (χ4v) is 3.01. The number of carbonyl (C=O) groups is 1. The van der Waals surface area contributed by atoms with E-state index in [1.54, 1.807) is 24.3 Å². The van der Waals surface area contributed by atoms with Gasteiger partial charge in [0.25, 0.3) is 5.12 Å². The summed E-state index contributed by atoms with van der Waals surface area (Å²) in [4.78, 5) is 12.1. The SMILES string of the molecule is Cc1ccc(S(=O)(=O)C(=O)Cc2ccccc2C)cc1. The van der Waals surface area contributed by atoms with Gasteiger partial charge in [0.1, 0.15) is 0 Å². The van der Waals surface area contributed by atoms with Crippen molar-refractivity contribution in [3.63, 3.8) is 0 Å². The van der Waals surface area contributed by atoms with Crippen molar-refractivity contribution in [1.82, 2.24) is 0 Å². The Balaban J connectivity index is 2.29. The van der Waals surface area contributed by atoms with Gasteiger partial charge in [0.05, 0.1) is 4.90 Å².